The number of nitrogens with one attached hydrogen (secondary N) is 1. The molecular formula is C26H33ClF3N7O2. The highest BCUT2D eigenvalue weighted by Crippen LogP contribution is 2.54. The van der Waals surface area contributed by atoms with Crippen LogP contribution in [0.1, 0.15) is 77.0 Å². The first kappa shape index (κ1) is 27.7. The molecule has 3 fully saturated rings. The summed E-state index contributed by atoms with van der Waals surface area (Å²) < 4.78 is 55.7. The first-order valence-electron chi connectivity index (χ1n) is 13.1. The van der Waals surface area contributed by atoms with E-state index in [-0.39, 0.29) is 17.5 Å². The van der Waals surface area contributed by atoms with E-state index < -0.39 is 17.5 Å². The van der Waals surface area contributed by atoms with Crippen LogP contribution in [-0.2, 0) is 16.5 Å². The summed E-state index contributed by atoms with van der Waals surface area (Å²) in [6, 6.07) is -0.106. The number of ether oxygens (including phenoxy) is 2. The predicted molar refractivity (Wildman–Crippen MR) is 140 cm³/mol. The first-order valence-corrected chi connectivity index (χ1v) is 13.4. The molecule has 5 heterocycles. The maximum absolute atomic E-state index is 13.5. The summed E-state index contributed by atoms with van der Waals surface area (Å²) in [6.45, 7) is 8.66. The number of rotatable bonds is 8. The standard InChI is InChI=1S/C26H33ClF3N7O2/c1-15(2)36-12-19(26(28,29)30)34-23(36)25-8-6-24(7-9-25,14-39-25)13-32-21-18(38-5)11-31-22(35-21)20-17(27)10-33-37(20)16(3)4/h10-12,15-16H,6-9,13-14H2,1-5H3,(H,31,32,35). The van der Waals surface area contributed by atoms with Gasteiger partial charge in [-0.3, -0.25) is 4.68 Å². The Labute approximate surface area is 230 Å². The molecule has 0 atom stereocenters. The molecule has 2 saturated heterocycles. The molecule has 0 radical (unpaired) electrons. The van der Waals surface area contributed by atoms with Crippen LogP contribution in [0.4, 0.5) is 19.0 Å². The fourth-order valence-electron chi connectivity index (χ4n) is 5.52. The van der Waals surface area contributed by atoms with Crippen LogP contribution in [0.3, 0.4) is 0 Å². The topological polar surface area (TPSA) is 91.9 Å². The van der Waals surface area contributed by atoms with Gasteiger partial charge in [-0.2, -0.15) is 18.3 Å². The monoisotopic (exact) mass is 567 g/mol. The third-order valence-electron chi connectivity index (χ3n) is 7.82. The van der Waals surface area contributed by atoms with E-state index in [9.17, 15) is 13.2 Å². The van der Waals surface area contributed by atoms with Crippen LogP contribution in [0.5, 0.6) is 5.75 Å². The molecule has 0 aromatic carbocycles. The van der Waals surface area contributed by atoms with E-state index >= 15 is 0 Å². The molecule has 6 rings (SSSR count). The van der Waals surface area contributed by atoms with Crippen LogP contribution in [0, 0.1) is 5.41 Å². The van der Waals surface area contributed by atoms with E-state index in [0.717, 1.165) is 19.0 Å². The molecule has 3 aromatic heterocycles. The van der Waals surface area contributed by atoms with Gasteiger partial charge in [0, 0.05) is 30.2 Å². The smallest absolute Gasteiger partial charge is 0.434 e. The molecule has 39 heavy (non-hydrogen) atoms. The molecule has 3 aliphatic rings. The molecule has 2 bridgehead atoms. The van der Waals surface area contributed by atoms with Crippen LogP contribution in [-0.4, -0.2) is 49.6 Å². The zero-order valence-corrected chi connectivity index (χ0v) is 23.4. The maximum Gasteiger partial charge on any atom is 0.434 e. The van der Waals surface area contributed by atoms with Crippen molar-refractivity contribution >= 4 is 17.4 Å². The number of hydrogen-bond acceptors (Lipinski definition) is 7. The van der Waals surface area contributed by atoms with E-state index in [2.05, 4.69) is 20.4 Å². The Morgan fingerprint density at radius 1 is 1.10 bits per heavy atom. The molecule has 13 heteroatoms. The Balaban J connectivity index is 1.35. The Kier molecular flexibility index (Phi) is 7.07. The van der Waals surface area contributed by atoms with Crippen molar-refractivity contribution in [3.8, 4) is 17.3 Å². The Hall–Kier alpha value is -2.86. The third-order valence-corrected chi connectivity index (χ3v) is 8.09. The predicted octanol–water partition coefficient (Wildman–Crippen LogP) is 6.28. The molecule has 1 aliphatic carbocycles. The largest absolute Gasteiger partial charge is 0.491 e. The van der Waals surface area contributed by atoms with Crippen molar-refractivity contribution in [1.29, 1.82) is 0 Å². The molecule has 1 N–H and O–H groups in total. The highest BCUT2D eigenvalue weighted by Gasteiger charge is 2.53. The average molecular weight is 568 g/mol. The molecule has 2 aliphatic heterocycles. The normalized spacial score (nSPS) is 23.2. The number of alkyl halides is 3. The molecule has 0 spiro atoms. The second kappa shape index (κ2) is 9.96. The van der Waals surface area contributed by atoms with E-state index in [1.807, 2.05) is 27.7 Å². The molecule has 3 aromatic rings. The summed E-state index contributed by atoms with van der Waals surface area (Å²) in [4.78, 5) is 13.2. The second-order valence-electron chi connectivity index (χ2n) is 11.1. The SMILES string of the molecule is COc1cnc(-c2c(Cl)cnn2C(C)C)nc1NCC12CCC(c3nc(C(F)(F)F)cn3C(C)C)(CC1)OC2. The summed E-state index contributed by atoms with van der Waals surface area (Å²) in [5, 5.41) is 8.23. The van der Waals surface area contributed by atoms with Crippen LogP contribution < -0.4 is 10.1 Å². The van der Waals surface area contributed by atoms with Gasteiger partial charge in [0.15, 0.2) is 23.1 Å². The summed E-state index contributed by atoms with van der Waals surface area (Å²) in [5.41, 5.74) is -1.27. The van der Waals surface area contributed by atoms with Crippen LogP contribution in [0.15, 0.2) is 18.6 Å². The van der Waals surface area contributed by atoms with E-state index in [0.29, 0.717) is 59.9 Å². The molecule has 212 valence electrons. The molecule has 9 nitrogen and oxygen atoms in total. The van der Waals surface area contributed by atoms with Gasteiger partial charge in [0.05, 0.1) is 31.1 Å². The van der Waals surface area contributed by atoms with Crippen molar-refractivity contribution in [2.24, 2.45) is 5.41 Å². The zero-order valence-electron chi connectivity index (χ0n) is 22.6. The lowest BCUT2D eigenvalue weighted by Crippen LogP contribution is -2.53. The maximum atomic E-state index is 13.5. The number of anilines is 1. The summed E-state index contributed by atoms with van der Waals surface area (Å²) in [5.74, 6) is 1.81. The fraction of sp³-hybridized carbons (Fsp3) is 0.615. The average Bonchev–Trinajstić information content (AvgIpc) is 3.54. The zero-order chi connectivity index (χ0) is 28.2. The molecule has 0 amide bonds. The van der Waals surface area contributed by atoms with Gasteiger partial charge in [0.25, 0.3) is 0 Å². The number of imidazole rings is 1. The second-order valence-corrected chi connectivity index (χ2v) is 11.5. The van der Waals surface area contributed by atoms with Gasteiger partial charge >= 0.3 is 6.18 Å². The van der Waals surface area contributed by atoms with Crippen LogP contribution >= 0.6 is 11.6 Å². The number of halogens is 4. The molecule has 0 unspecified atom stereocenters. The van der Waals surface area contributed by atoms with Crippen molar-refractivity contribution < 1.29 is 22.6 Å². The van der Waals surface area contributed by atoms with Crippen molar-refractivity contribution in [2.45, 2.75) is 77.2 Å². The van der Waals surface area contributed by atoms with Crippen molar-refractivity contribution in [1.82, 2.24) is 29.3 Å². The number of nitrogens with zero attached hydrogens (tertiary/aromatic N) is 6. The Bertz CT molecular complexity index is 1330. The third kappa shape index (κ3) is 4.97. The summed E-state index contributed by atoms with van der Waals surface area (Å²) in [7, 11) is 1.55. The van der Waals surface area contributed by atoms with E-state index in [1.54, 1.807) is 28.8 Å². The Morgan fingerprint density at radius 2 is 1.82 bits per heavy atom. The van der Waals surface area contributed by atoms with E-state index in [4.69, 9.17) is 26.1 Å². The van der Waals surface area contributed by atoms with Crippen molar-refractivity contribution in [3.05, 3.63) is 35.1 Å². The number of methoxy groups -OCH3 is 1. The highest BCUT2D eigenvalue weighted by molar-refractivity contribution is 6.32. The van der Waals surface area contributed by atoms with Crippen LogP contribution in [0.2, 0.25) is 5.02 Å². The van der Waals surface area contributed by atoms with Gasteiger partial charge in [-0.15, -0.1) is 0 Å². The van der Waals surface area contributed by atoms with Gasteiger partial charge in [-0.05, 0) is 53.4 Å². The minimum atomic E-state index is -4.50. The fourth-order valence-corrected chi connectivity index (χ4v) is 5.73. The Morgan fingerprint density at radius 3 is 2.38 bits per heavy atom. The van der Waals surface area contributed by atoms with Gasteiger partial charge in [-0.25, -0.2) is 15.0 Å². The lowest BCUT2D eigenvalue weighted by Gasteiger charge is -2.52. The lowest BCUT2D eigenvalue weighted by atomic mass is 9.65. The summed E-state index contributed by atoms with van der Waals surface area (Å²) in [6.07, 6.45) is 2.50. The van der Waals surface area contributed by atoms with Crippen molar-refractivity contribution in [3.63, 3.8) is 0 Å². The van der Waals surface area contributed by atoms with Gasteiger partial charge < -0.3 is 19.4 Å². The number of hydrogen-bond donors (Lipinski definition) is 1. The molecular weight excluding hydrogens is 535 g/mol. The van der Waals surface area contributed by atoms with Crippen molar-refractivity contribution in [2.75, 3.05) is 25.6 Å². The van der Waals surface area contributed by atoms with E-state index in [1.165, 1.54) is 0 Å². The van der Waals surface area contributed by atoms with Gasteiger partial charge in [-0.1, -0.05) is 11.6 Å². The summed E-state index contributed by atoms with van der Waals surface area (Å²) >= 11 is 6.42. The minimum Gasteiger partial charge on any atom is -0.491 e. The quantitative estimate of drug-likeness (QED) is 0.342. The highest BCUT2D eigenvalue weighted by atomic mass is 35.5. The molecule has 1 saturated carbocycles. The first-order chi connectivity index (χ1) is 18.4. The minimum absolute atomic E-state index is 0.0638. The lowest BCUT2D eigenvalue weighted by molar-refractivity contribution is -0.190. The van der Waals surface area contributed by atoms with Crippen LogP contribution in [0.25, 0.3) is 11.5 Å². The van der Waals surface area contributed by atoms with Gasteiger partial charge in [0.1, 0.15) is 17.1 Å². The number of fused-ring (bicyclic) bond motifs is 3. The van der Waals surface area contributed by atoms with Gasteiger partial charge in [0.2, 0.25) is 0 Å². The number of aromatic nitrogens is 6.